The summed E-state index contributed by atoms with van der Waals surface area (Å²) in [6.45, 7) is 0. The van der Waals surface area contributed by atoms with Gasteiger partial charge < -0.3 is 0 Å². The lowest BCUT2D eigenvalue weighted by molar-refractivity contribution is 1.41. The van der Waals surface area contributed by atoms with Gasteiger partial charge in [-0.1, -0.05) is 78.9 Å². The van der Waals surface area contributed by atoms with Crippen molar-refractivity contribution in [3.05, 3.63) is 139 Å². The van der Waals surface area contributed by atoms with Crippen LogP contribution in [0.25, 0.3) is 20.2 Å². The van der Waals surface area contributed by atoms with Crippen LogP contribution in [0, 0.1) is 0 Å². The maximum Gasteiger partial charge on any atom is 0.116 e. The first-order chi connectivity index (χ1) is 16.3. The number of hydrogen-bond acceptors (Lipinski definition) is 1. The lowest BCUT2D eigenvalue weighted by atomic mass is 10.1. The van der Waals surface area contributed by atoms with Crippen LogP contribution in [0.15, 0.2) is 133 Å². The van der Waals surface area contributed by atoms with Crippen LogP contribution in [0.1, 0.15) is 5.56 Å². The smallest absolute Gasteiger partial charge is 0.116 e. The van der Waals surface area contributed by atoms with Gasteiger partial charge in [-0.25, -0.2) is 0 Å². The van der Waals surface area contributed by atoms with Gasteiger partial charge >= 0.3 is 0 Å². The second-order valence-electron chi connectivity index (χ2n) is 8.40. The first kappa shape index (κ1) is 20.4. The molecule has 0 radical (unpaired) electrons. The molecule has 0 aliphatic heterocycles. The molecule has 2 heteroatoms. The average molecular weight is 460 g/mol. The molecule has 0 nitrogen and oxygen atoms in total. The summed E-state index contributed by atoms with van der Waals surface area (Å²) in [6, 6.07) is 49.3. The normalized spacial score (nSPS) is 11.8. The van der Waals surface area contributed by atoms with E-state index >= 15 is 0 Å². The Labute approximate surface area is 199 Å². The summed E-state index contributed by atoms with van der Waals surface area (Å²) in [7, 11) is -1.89. The van der Waals surface area contributed by atoms with Crippen molar-refractivity contribution in [3.8, 4) is 0 Å². The highest BCUT2D eigenvalue weighted by atomic mass is 32.1. The minimum atomic E-state index is -1.89. The Balaban J connectivity index is 1.60. The van der Waals surface area contributed by atoms with Crippen LogP contribution in [0.3, 0.4) is 0 Å². The second kappa shape index (κ2) is 8.60. The van der Waals surface area contributed by atoms with E-state index in [-0.39, 0.29) is 0 Å². The second-order valence-corrected chi connectivity index (χ2v) is 13.0. The molecule has 1 heterocycles. The first-order valence-corrected chi connectivity index (χ1v) is 14.1. The highest BCUT2D eigenvalue weighted by Crippen LogP contribution is 2.58. The first-order valence-electron chi connectivity index (χ1n) is 11.3. The summed E-state index contributed by atoms with van der Waals surface area (Å²) in [5, 5.41) is 7.02. The van der Waals surface area contributed by atoms with Gasteiger partial charge in [0, 0.05) is 20.2 Å². The van der Waals surface area contributed by atoms with Crippen LogP contribution >= 0.6 is 18.6 Å². The van der Waals surface area contributed by atoms with E-state index in [0.29, 0.717) is 0 Å². The highest BCUT2D eigenvalue weighted by Gasteiger charge is 2.45. The highest BCUT2D eigenvalue weighted by molar-refractivity contribution is 7.95. The molecule has 0 unspecified atom stereocenters. The van der Waals surface area contributed by atoms with Gasteiger partial charge in [-0.15, -0.1) is 11.3 Å². The molecule has 0 amide bonds. The van der Waals surface area contributed by atoms with Gasteiger partial charge in [-0.2, -0.15) is 0 Å². The zero-order valence-electron chi connectivity index (χ0n) is 18.3. The standard InChI is InChI=1S/C31H24PS/c1-4-12-25(13-5-1)32(26-14-6-2-7-15-26,27-16-8-3-9-17-27)23-24-20-21-31-29(22-24)28-18-10-11-19-30(28)33-31/h1-22H,23H2/q+1. The molecule has 0 saturated heterocycles. The molecule has 1 aromatic heterocycles. The van der Waals surface area contributed by atoms with E-state index < -0.39 is 7.26 Å². The maximum atomic E-state index is 2.44. The Bertz CT molecular complexity index is 1420. The minimum Gasteiger partial charge on any atom is -0.135 e. The number of benzene rings is 5. The van der Waals surface area contributed by atoms with Gasteiger partial charge in [-0.3, -0.25) is 0 Å². The van der Waals surface area contributed by atoms with Gasteiger partial charge in [0.15, 0.2) is 0 Å². The van der Waals surface area contributed by atoms with Crippen LogP contribution < -0.4 is 15.9 Å². The summed E-state index contributed by atoms with van der Waals surface area (Å²) in [5.41, 5.74) is 1.40. The van der Waals surface area contributed by atoms with E-state index in [1.807, 2.05) is 11.3 Å². The fourth-order valence-electron chi connectivity index (χ4n) is 4.91. The Morgan fingerprint density at radius 1 is 0.455 bits per heavy atom. The monoisotopic (exact) mass is 459 g/mol. The lowest BCUT2D eigenvalue weighted by Gasteiger charge is -2.28. The molecular weight excluding hydrogens is 435 g/mol. The molecule has 0 bridgehead atoms. The molecule has 0 saturated carbocycles. The van der Waals surface area contributed by atoms with E-state index in [4.69, 9.17) is 0 Å². The molecule has 0 fully saturated rings. The van der Waals surface area contributed by atoms with Crippen molar-refractivity contribution in [2.45, 2.75) is 6.16 Å². The fourth-order valence-corrected chi connectivity index (χ4v) is 10.2. The SMILES string of the molecule is c1ccc([P+](Cc2ccc3sc4ccccc4c3c2)(c2ccccc2)c2ccccc2)cc1. The van der Waals surface area contributed by atoms with Crippen LogP contribution in [0.5, 0.6) is 0 Å². The zero-order chi connectivity index (χ0) is 22.1. The molecule has 5 aromatic carbocycles. The Kier molecular flexibility index (Phi) is 5.30. The molecule has 6 rings (SSSR count). The number of rotatable bonds is 5. The molecule has 0 aliphatic carbocycles. The number of thiophene rings is 1. The van der Waals surface area contributed by atoms with E-state index in [2.05, 4.69) is 133 Å². The van der Waals surface area contributed by atoms with Gasteiger partial charge in [0.2, 0.25) is 0 Å². The van der Waals surface area contributed by atoms with Crippen molar-refractivity contribution < 1.29 is 0 Å². The van der Waals surface area contributed by atoms with Crippen molar-refractivity contribution in [3.63, 3.8) is 0 Å². The van der Waals surface area contributed by atoms with E-state index in [0.717, 1.165) is 6.16 Å². The summed E-state index contributed by atoms with van der Waals surface area (Å²) < 4.78 is 2.72. The Morgan fingerprint density at radius 3 is 1.52 bits per heavy atom. The Hall–Kier alpha value is -3.25. The van der Waals surface area contributed by atoms with Gasteiger partial charge in [-0.05, 0) is 60.2 Å². The van der Waals surface area contributed by atoms with Crippen molar-refractivity contribution in [2.75, 3.05) is 0 Å². The van der Waals surface area contributed by atoms with E-state index in [1.54, 1.807) is 0 Å². The molecule has 6 aromatic rings. The van der Waals surface area contributed by atoms with Crippen LogP contribution in [-0.4, -0.2) is 0 Å². The van der Waals surface area contributed by atoms with Crippen molar-refractivity contribution in [1.82, 2.24) is 0 Å². The minimum absolute atomic E-state index is 1.01. The third-order valence-electron chi connectivity index (χ3n) is 6.45. The molecule has 0 aliphatic rings. The third-order valence-corrected chi connectivity index (χ3v) is 12.0. The molecule has 0 N–H and O–H groups in total. The topological polar surface area (TPSA) is 0 Å². The summed E-state index contributed by atoms with van der Waals surface area (Å²) in [4.78, 5) is 0. The maximum absolute atomic E-state index is 2.44. The van der Waals surface area contributed by atoms with Crippen molar-refractivity contribution in [1.29, 1.82) is 0 Å². The number of hydrogen-bond donors (Lipinski definition) is 0. The van der Waals surface area contributed by atoms with E-state index in [1.165, 1.54) is 41.6 Å². The third kappa shape index (κ3) is 3.59. The Morgan fingerprint density at radius 2 is 0.939 bits per heavy atom. The predicted octanol–water partition coefficient (Wildman–Crippen LogP) is 7.55. The predicted molar refractivity (Wildman–Crippen MR) is 148 cm³/mol. The summed E-state index contributed by atoms with van der Waals surface area (Å²) >= 11 is 1.89. The largest absolute Gasteiger partial charge is 0.135 e. The molecule has 0 spiro atoms. The fraction of sp³-hybridized carbons (Fsp3) is 0.0323. The quantitative estimate of drug-likeness (QED) is 0.234. The van der Waals surface area contributed by atoms with Gasteiger partial charge in [0.25, 0.3) is 0 Å². The van der Waals surface area contributed by atoms with E-state index in [9.17, 15) is 0 Å². The van der Waals surface area contributed by atoms with Crippen molar-refractivity contribution >= 4 is 54.7 Å². The van der Waals surface area contributed by atoms with Crippen molar-refractivity contribution in [2.24, 2.45) is 0 Å². The molecule has 0 atom stereocenters. The lowest BCUT2D eigenvalue weighted by Crippen LogP contribution is -2.32. The number of fused-ring (bicyclic) bond motifs is 3. The molecule has 33 heavy (non-hydrogen) atoms. The van der Waals surface area contributed by atoms with Crippen LogP contribution in [-0.2, 0) is 6.16 Å². The zero-order valence-corrected chi connectivity index (χ0v) is 20.0. The summed E-state index contributed by atoms with van der Waals surface area (Å²) in [5.74, 6) is 0. The molecule has 158 valence electrons. The molecular formula is C31H24PS+. The summed E-state index contributed by atoms with van der Waals surface area (Å²) in [6.07, 6.45) is 1.01. The van der Waals surface area contributed by atoms with Gasteiger partial charge in [0.1, 0.15) is 23.2 Å². The average Bonchev–Trinajstić information content (AvgIpc) is 3.27. The van der Waals surface area contributed by atoms with Gasteiger partial charge in [0.05, 0.1) is 6.16 Å². The van der Waals surface area contributed by atoms with Crippen LogP contribution in [0.2, 0.25) is 0 Å². The van der Waals surface area contributed by atoms with Crippen LogP contribution in [0.4, 0.5) is 0 Å².